The van der Waals surface area contributed by atoms with Gasteiger partial charge in [-0.2, -0.15) is 0 Å². The van der Waals surface area contributed by atoms with Crippen LogP contribution in [0, 0.1) is 0 Å². The molecule has 0 saturated carbocycles. The molecule has 0 saturated heterocycles. The number of nitrogens with zero attached hydrogens (tertiary/aromatic N) is 3. The summed E-state index contributed by atoms with van der Waals surface area (Å²) in [5.74, 6) is 1.73. The average molecular weight is 315 g/mol. The van der Waals surface area contributed by atoms with Crippen LogP contribution in [0.4, 0.5) is 0 Å². The molecule has 3 rings (SSSR count). The van der Waals surface area contributed by atoms with E-state index >= 15 is 0 Å². The lowest BCUT2D eigenvalue weighted by Crippen LogP contribution is -1.84. The molecule has 0 fully saturated rings. The van der Waals surface area contributed by atoms with Crippen molar-refractivity contribution in [2.45, 2.75) is 10.1 Å². The Kier molecular flexibility index (Phi) is 4.47. The Balaban J connectivity index is 1.64. The van der Waals surface area contributed by atoms with Crippen molar-refractivity contribution in [3.63, 3.8) is 0 Å². The Bertz CT molecular complexity index is 698. The summed E-state index contributed by atoms with van der Waals surface area (Å²) in [6.07, 6.45) is 1.76. The number of hydrogen-bond donors (Lipinski definition) is 0. The predicted molar refractivity (Wildman–Crippen MR) is 85.7 cm³/mol. The van der Waals surface area contributed by atoms with Crippen molar-refractivity contribution in [1.82, 2.24) is 15.2 Å². The number of ether oxygens (including phenoxy) is 1. The van der Waals surface area contributed by atoms with E-state index in [9.17, 15) is 0 Å². The summed E-state index contributed by atoms with van der Waals surface area (Å²) in [5, 5.41) is 9.25. The fourth-order valence-corrected chi connectivity index (χ4v) is 3.51. The summed E-state index contributed by atoms with van der Waals surface area (Å²) in [6, 6.07) is 13.8. The number of methoxy groups -OCH3 is 1. The van der Waals surface area contributed by atoms with Gasteiger partial charge >= 0.3 is 0 Å². The number of hydrogen-bond acceptors (Lipinski definition) is 6. The van der Waals surface area contributed by atoms with Crippen LogP contribution in [0.2, 0.25) is 0 Å². The van der Waals surface area contributed by atoms with E-state index in [4.69, 9.17) is 4.74 Å². The van der Waals surface area contributed by atoms with Gasteiger partial charge in [0.25, 0.3) is 0 Å². The van der Waals surface area contributed by atoms with Crippen LogP contribution in [0.25, 0.3) is 10.7 Å². The number of thioether (sulfide) groups is 1. The zero-order chi connectivity index (χ0) is 14.5. The van der Waals surface area contributed by atoms with Gasteiger partial charge in [-0.15, -0.1) is 10.2 Å². The molecule has 0 spiro atoms. The van der Waals surface area contributed by atoms with Gasteiger partial charge in [0.15, 0.2) is 9.35 Å². The van der Waals surface area contributed by atoms with Gasteiger partial charge in [-0.1, -0.05) is 41.3 Å². The highest BCUT2D eigenvalue weighted by Gasteiger charge is 2.08. The first-order chi connectivity index (χ1) is 10.3. The molecule has 0 atom stereocenters. The molecule has 4 nitrogen and oxygen atoms in total. The Hall–Kier alpha value is -1.92. The van der Waals surface area contributed by atoms with Crippen LogP contribution in [-0.2, 0) is 5.75 Å². The Morgan fingerprint density at radius 3 is 2.67 bits per heavy atom. The van der Waals surface area contributed by atoms with Crippen LogP contribution in [0.5, 0.6) is 5.75 Å². The maximum Gasteiger partial charge on any atom is 0.175 e. The molecule has 106 valence electrons. The summed E-state index contributed by atoms with van der Waals surface area (Å²) < 4.78 is 6.10. The van der Waals surface area contributed by atoms with E-state index in [1.165, 1.54) is 5.56 Å². The topological polar surface area (TPSA) is 47.9 Å². The summed E-state index contributed by atoms with van der Waals surface area (Å²) in [4.78, 5) is 4.28. The van der Waals surface area contributed by atoms with E-state index in [0.717, 1.165) is 26.5 Å². The Morgan fingerprint density at radius 2 is 1.95 bits per heavy atom. The first kappa shape index (κ1) is 14.0. The summed E-state index contributed by atoms with van der Waals surface area (Å²) in [7, 11) is 1.67. The number of rotatable bonds is 5. The van der Waals surface area contributed by atoms with Gasteiger partial charge in [0.05, 0.1) is 7.11 Å². The average Bonchev–Trinajstić information content (AvgIpc) is 3.03. The van der Waals surface area contributed by atoms with Crippen LogP contribution in [-0.4, -0.2) is 22.3 Å². The fraction of sp³-hybridized carbons (Fsp3) is 0.133. The number of benzene rings is 1. The molecule has 2 heterocycles. The minimum atomic E-state index is 0.854. The highest BCUT2D eigenvalue weighted by Crippen LogP contribution is 2.30. The molecule has 0 amide bonds. The minimum absolute atomic E-state index is 0.854. The quantitative estimate of drug-likeness (QED) is 0.668. The third-order valence-corrected chi connectivity index (χ3v) is 4.96. The molecule has 6 heteroatoms. The van der Waals surface area contributed by atoms with Crippen LogP contribution in [0.1, 0.15) is 5.56 Å². The number of aromatic nitrogens is 3. The molecule has 0 unspecified atom stereocenters. The zero-order valence-corrected chi connectivity index (χ0v) is 13.0. The second-order valence-corrected chi connectivity index (χ2v) is 6.42. The molecular formula is C15H13N3OS2. The van der Waals surface area contributed by atoms with E-state index in [-0.39, 0.29) is 0 Å². The third-order valence-electron chi connectivity index (χ3n) is 2.81. The summed E-state index contributed by atoms with van der Waals surface area (Å²) in [6.45, 7) is 0. The van der Waals surface area contributed by atoms with Crippen LogP contribution >= 0.6 is 23.1 Å². The molecule has 21 heavy (non-hydrogen) atoms. The molecule has 3 aromatic rings. The van der Waals surface area contributed by atoms with Crippen molar-refractivity contribution in [3.8, 4) is 16.5 Å². The van der Waals surface area contributed by atoms with Crippen molar-refractivity contribution in [1.29, 1.82) is 0 Å². The summed E-state index contributed by atoms with van der Waals surface area (Å²) >= 11 is 3.25. The Morgan fingerprint density at radius 1 is 1.10 bits per heavy atom. The lowest BCUT2D eigenvalue weighted by atomic mass is 10.2. The van der Waals surface area contributed by atoms with Crippen molar-refractivity contribution in [2.24, 2.45) is 0 Å². The van der Waals surface area contributed by atoms with Crippen LogP contribution in [0.15, 0.2) is 53.0 Å². The van der Waals surface area contributed by atoms with Gasteiger partial charge in [0, 0.05) is 11.9 Å². The molecule has 2 aromatic heterocycles. The first-order valence-corrected chi connectivity index (χ1v) is 8.16. The molecule has 0 aliphatic heterocycles. The Labute approximate surface area is 131 Å². The van der Waals surface area contributed by atoms with Crippen molar-refractivity contribution in [2.75, 3.05) is 7.11 Å². The van der Waals surface area contributed by atoms with E-state index in [1.54, 1.807) is 36.4 Å². The fourth-order valence-electron chi connectivity index (χ4n) is 1.73. The van der Waals surface area contributed by atoms with Crippen LogP contribution < -0.4 is 4.74 Å². The lowest BCUT2D eigenvalue weighted by Gasteiger charge is -2.01. The maximum atomic E-state index is 5.15. The summed E-state index contributed by atoms with van der Waals surface area (Å²) in [5.41, 5.74) is 2.10. The van der Waals surface area contributed by atoms with Gasteiger partial charge in [0.1, 0.15) is 11.4 Å². The number of pyridine rings is 1. The highest BCUT2D eigenvalue weighted by atomic mass is 32.2. The largest absolute Gasteiger partial charge is 0.497 e. The molecule has 0 radical (unpaired) electrons. The van der Waals surface area contributed by atoms with Gasteiger partial charge < -0.3 is 4.74 Å². The second-order valence-electron chi connectivity index (χ2n) is 4.22. The highest BCUT2D eigenvalue weighted by molar-refractivity contribution is 8.00. The SMILES string of the molecule is COc1ccc(CSc2nnc(-c3ccccn3)s2)cc1. The van der Waals surface area contributed by atoms with E-state index in [1.807, 2.05) is 30.3 Å². The van der Waals surface area contributed by atoms with Gasteiger partial charge in [-0.05, 0) is 29.8 Å². The maximum absolute atomic E-state index is 5.15. The normalized spacial score (nSPS) is 10.5. The van der Waals surface area contributed by atoms with Crippen LogP contribution in [0.3, 0.4) is 0 Å². The first-order valence-electron chi connectivity index (χ1n) is 6.36. The van der Waals surface area contributed by atoms with E-state index < -0.39 is 0 Å². The standard InChI is InChI=1S/C15H13N3OS2/c1-19-12-7-5-11(6-8-12)10-20-15-18-17-14(21-15)13-4-2-3-9-16-13/h2-9H,10H2,1H3. The van der Waals surface area contributed by atoms with Crippen molar-refractivity contribution >= 4 is 23.1 Å². The molecular weight excluding hydrogens is 302 g/mol. The van der Waals surface area contributed by atoms with E-state index in [0.29, 0.717) is 0 Å². The molecule has 0 bridgehead atoms. The second kappa shape index (κ2) is 6.69. The van der Waals surface area contributed by atoms with Gasteiger partial charge in [0.2, 0.25) is 0 Å². The smallest absolute Gasteiger partial charge is 0.175 e. The van der Waals surface area contributed by atoms with Crippen molar-refractivity contribution < 1.29 is 4.74 Å². The molecule has 1 aromatic carbocycles. The molecule has 0 aliphatic carbocycles. The van der Waals surface area contributed by atoms with Gasteiger partial charge in [-0.3, -0.25) is 4.98 Å². The predicted octanol–water partition coefficient (Wildman–Crippen LogP) is 3.90. The third kappa shape index (κ3) is 3.59. The lowest BCUT2D eigenvalue weighted by molar-refractivity contribution is 0.414. The minimum Gasteiger partial charge on any atom is -0.497 e. The van der Waals surface area contributed by atoms with E-state index in [2.05, 4.69) is 27.3 Å². The molecule has 0 N–H and O–H groups in total. The van der Waals surface area contributed by atoms with Gasteiger partial charge in [-0.25, -0.2) is 0 Å². The molecule has 0 aliphatic rings. The van der Waals surface area contributed by atoms with Crippen molar-refractivity contribution in [3.05, 3.63) is 54.2 Å². The monoisotopic (exact) mass is 315 g/mol. The zero-order valence-electron chi connectivity index (χ0n) is 11.4.